The standard InChI is InChI=1S/C19H25N5O7/c25-19(20-13-7-3-1-4-8-13)21(14-9-5-2-6-10-14)18-16(23(28)29)11-15(22(26)27)12-17(18)24(30)31/h11-14H,1-10H2,(H,20,25). The number of carbonyl (C=O) groups is 1. The second-order valence-corrected chi connectivity index (χ2v) is 8.05. The normalized spacial score (nSPS) is 17.7. The number of hydrogen-bond donors (Lipinski definition) is 1. The van der Waals surface area contributed by atoms with Crippen molar-refractivity contribution in [3.05, 3.63) is 42.5 Å². The number of amides is 2. The molecular formula is C19H25N5O7. The zero-order valence-corrected chi connectivity index (χ0v) is 17.0. The number of carbonyl (C=O) groups excluding carboxylic acids is 1. The van der Waals surface area contributed by atoms with Gasteiger partial charge in [-0.1, -0.05) is 38.5 Å². The summed E-state index contributed by atoms with van der Waals surface area (Å²) >= 11 is 0. The van der Waals surface area contributed by atoms with Crippen LogP contribution in [0.2, 0.25) is 0 Å². The summed E-state index contributed by atoms with van der Waals surface area (Å²) in [6, 6.07) is 0.177. The fourth-order valence-electron chi connectivity index (χ4n) is 4.50. The first-order valence-electron chi connectivity index (χ1n) is 10.5. The lowest BCUT2D eigenvalue weighted by Crippen LogP contribution is -2.51. The minimum Gasteiger partial charge on any atom is -0.335 e. The van der Waals surface area contributed by atoms with E-state index in [1.54, 1.807) is 0 Å². The van der Waals surface area contributed by atoms with Crippen molar-refractivity contribution < 1.29 is 19.6 Å². The molecule has 0 aliphatic heterocycles. The van der Waals surface area contributed by atoms with Gasteiger partial charge in [0.05, 0.1) is 26.9 Å². The maximum absolute atomic E-state index is 13.3. The number of non-ortho nitro benzene ring substituents is 1. The van der Waals surface area contributed by atoms with Crippen molar-refractivity contribution in [2.45, 2.75) is 76.3 Å². The molecule has 0 unspecified atom stereocenters. The number of nitrogens with zero attached hydrogens (tertiary/aromatic N) is 4. The van der Waals surface area contributed by atoms with E-state index in [4.69, 9.17) is 0 Å². The first-order valence-corrected chi connectivity index (χ1v) is 10.5. The number of nitro groups is 3. The van der Waals surface area contributed by atoms with Gasteiger partial charge in [0.15, 0.2) is 0 Å². The van der Waals surface area contributed by atoms with Gasteiger partial charge in [-0.15, -0.1) is 0 Å². The molecule has 0 heterocycles. The Labute approximate surface area is 178 Å². The molecule has 0 bridgehead atoms. The van der Waals surface area contributed by atoms with E-state index in [9.17, 15) is 35.1 Å². The highest BCUT2D eigenvalue weighted by atomic mass is 16.6. The molecule has 1 N–H and O–H groups in total. The number of urea groups is 1. The first kappa shape index (κ1) is 22.4. The number of nitro benzene ring substituents is 3. The van der Waals surface area contributed by atoms with Gasteiger partial charge in [0.25, 0.3) is 5.69 Å². The van der Waals surface area contributed by atoms with Gasteiger partial charge in [-0.2, -0.15) is 0 Å². The molecule has 2 aliphatic carbocycles. The molecule has 1 aromatic rings. The van der Waals surface area contributed by atoms with Crippen molar-refractivity contribution in [2.24, 2.45) is 0 Å². The smallest absolute Gasteiger partial charge is 0.322 e. The van der Waals surface area contributed by atoms with Gasteiger partial charge in [-0.25, -0.2) is 4.79 Å². The Morgan fingerprint density at radius 1 is 0.806 bits per heavy atom. The molecule has 2 fully saturated rings. The summed E-state index contributed by atoms with van der Waals surface area (Å²) in [7, 11) is 0. The van der Waals surface area contributed by atoms with Crippen molar-refractivity contribution in [3.8, 4) is 0 Å². The average molecular weight is 435 g/mol. The fourth-order valence-corrected chi connectivity index (χ4v) is 4.50. The number of nitrogens with one attached hydrogen (secondary N) is 1. The molecule has 1 aromatic carbocycles. The highest BCUT2D eigenvalue weighted by Gasteiger charge is 2.40. The van der Waals surface area contributed by atoms with Gasteiger partial charge >= 0.3 is 17.4 Å². The quantitative estimate of drug-likeness (QED) is 0.504. The van der Waals surface area contributed by atoms with Gasteiger partial charge in [0, 0.05) is 12.1 Å². The van der Waals surface area contributed by atoms with Crippen LogP contribution in [0.25, 0.3) is 0 Å². The molecule has 0 saturated heterocycles. The van der Waals surface area contributed by atoms with Gasteiger partial charge in [0.2, 0.25) is 5.69 Å². The Balaban J connectivity index is 2.12. The molecule has 3 rings (SSSR count). The molecule has 0 radical (unpaired) electrons. The summed E-state index contributed by atoms with van der Waals surface area (Å²) in [6.45, 7) is 0. The Morgan fingerprint density at radius 3 is 1.74 bits per heavy atom. The third kappa shape index (κ3) is 5.06. The number of rotatable bonds is 6. The average Bonchev–Trinajstić information content (AvgIpc) is 2.75. The lowest BCUT2D eigenvalue weighted by molar-refractivity contribution is -0.402. The summed E-state index contributed by atoms with van der Waals surface area (Å²) in [5.74, 6) is 0. The monoisotopic (exact) mass is 435 g/mol. The van der Waals surface area contributed by atoms with Crippen molar-refractivity contribution in [3.63, 3.8) is 0 Å². The van der Waals surface area contributed by atoms with Crippen LogP contribution in [0.4, 0.5) is 27.5 Å². The molecular weight excluding hydrogens is 410 g/mol. The van der Waals surface area contributed by atoms with E-state index in [1.807, 2.05) is 0 Å². The van der Waals surface area contributed by atoms with Crippen LogP contribution in [0.15, 0.2) is 12.1 Å². The lowest BCUT2D eigenvalue weighted by atomic mass is 9.93. The highest BCUT2D eigenvalue weighted by molar-refractivity contribution is 5.99. The van der Waals surface area contributed by atoms with Crippen LogP contribution in [0.5, 0.6) is 0 Å². The lowest BCUT2D eigenvalue weighted by Gasteiger charge is -2.35. The van der Waals surface area contributed by atoms with E-state index >= 15 is 0 Å². The Hall–Kier alpha value is -3.31. The summed E-state index contributed by atoms with van der Waals surface area (Å²) in [5, 5.41) is 37.6. The maximum Gasteiger partial charge on any atom is 0.322 e. The van der Waals surface area contributed by atoms with Crippen molar-refractivity contribution in [1.82, 2.24) is 5.32 Å². The van der Waals surface area contributed by atoms with Crippen LogP contribution < -0.4 is 10.2 Å². The zero-order chi connectivity index (χ0) is 22.5. The van der Waals surface area contributed by atoms with Crippen molar-refractivity contribution >= 4 is 28.8 Å². The Bertz CT molecular complexity index is 843. The van der Waals surface area contributed by atoms with Crippen LogP contribution in [-0.4, -0.2) is 32.9 Å². The predicted molar refractivity (Wildman–Crippen MR) is 111 cm³/mol. The summed E-state index contributed by atoms with van der Waals surface area (Å²) in [5.41, 5.74) is -2.88. The molecule has 168 valence electrons. The van der Waals surface area contributed by atoms with Gasteiger partial charge < -0.3 is 5.32 Å². The van der Waals surface area contributed by atoms with E-state index in [1.165, 1.54) is 0 Å². The molecule has 12 heteroatoms. The number of benzene rings is 1. The summed E-state index contributed by atoms with van der Waals surface area (Å²) < 4.78 is 0. The Morgan fingerprint density at radius 2 is 1.29 bits per heavy atom. The van der Waals surface area contributed by atoms with E-state index < -0.39 is 49.6 Å². The van der Waals surface area contributed by atoms with Crippen LogP contribution in [0.1, 0.15) is 64.2 Å². The number of anilines is 1. The molecule has 2 aliphatic rings. The van der Waals surface area contributed by atoms with E-state index in [-0.39, 0.29) is 6.04 Å². The predicted octanol–water partition coefficient (Wildman–Crippen LogP) is 4.59. The SMILES string of the molecule is O=C(NC1CCCCC1)N(c1c([N+](=O)[O-])cc([N+](=O)[O-])cc1[N+](=O)[O-])C1CCCCC1. The number of hydrogen-bond acceptors (Lipinski definition) is 7. The largest absolute Gasteiger partial charge is 0.335 e. The van der Waals surface area contributed by atoms with E-state index in [0.717, 1.165) is 56.3 Å². The molecule has 0 atom stereocenters. The molecule has 2 saturated carbocycles. The van der Waals surface area contributed by atoms with Crippen LogP contribution in [0, 0.1) is 30.3 Å². The van der Waals surface area contributed by atoms with Crippen LogP contribution in [0.3, 0.4) is 0 Å². The van der Waals surface area contributed by atoms with Gasteiger partial charge in [-0.05, 0) is 25.7 Å². The topological polar surface area (TPSA) is 162 Å². The summed E-state index contributed by atoms with van der Waals surface area (Å²) in [6.07, 6.45) is 8.12. The van der Waals surface area contributed by atoms with Gasteiger partial charge in [-0.3, -0.25) is 35.2 Å². The first-order chi connectivity index (χ1) is 14.8. The van der Waals surface area contributed by atoms with Crippen molar-refractivity contribution in [1.29, 1.82) is 0 Å². The fraction of sp³-hybridized carbons (Fsp3) is 0.632. The third-order valence-electron chi connectivity index (χ3n) is 5.99. The molecule has 0 aromatic heterocycles. The molecule has 12 nitrogen and oxygen atoms in total. The van der Waals surface area contributed by atoms with E-state index in [0.29, 0.717) is 25.0 Å². The highest BCUT2D eigenvalue weighted by Crippen LogP contribution is 2.43. The van der Waals surface area contributed by atoms with Crippen LogP contribution in [-0.2, 0) is 0 Å². The van der Waals surface area contributed by atoms with E-state index in [2.05, 4.69) is 5.32 Å². The Kier molecular flexibility index (Phi) is 6.98. The summed E-state index contributed by atoms with van der Waals surface area (Å²) in [4.78, 5) is 46.5. The molecule has 0 spiro atoms. The minimum absolute atomic E-state index is 0.108. The molecule has 31 heavy (non-hydrogen) atoms. The molecule has 2 amide bonds. The van der Waals surface area contributed by atoms with Gasteiger partial charge in [0.1, 0.15) is 0 Å². The van der Waals surface area contributed by atoms with Crippen LogP contribution >= 0.6 is 0 Å². The van der Waals surface area contributed by atoms with Crippen molar-refractivity contribution in [2.75, 3.05) is 4.90 Å². The maximum atomic E-state index is 13.3. The third-order valence-corrected chi connectivity index (χ3v) is 5.99. The second-order valence-electron chi connectivity index (χ2n) is 8.05. The zero-order valence-electron chi connectivity index (χ0n) is 17.0. The minimum atomic E-state index is -0.920. The second kappa shape index (κ2) is 9.67.